The molecule has 0 atom stereocenters. The fraction of sp³-hybridized carbons (Fsp3) is 0.217. The highest BCUT2D eigenvalue weighted by molar-refractivity contribution is 5.64. The third kappa shape index (κ3) is 5.18. The normalized spacial score (nSPS) is 16.1. The molecule has 0 fully saturated rings. The predicted molar refractivity (Wildman–Crippen MR) is 113 cm³/mol. The predicted octanol–water partition coefficient (Wildman–Crippen LogP) is 4.80. The van der Waals surface area contributed by atoms with Gasteiger partial charge in [0.15, 0.2) is 0 Å². The number of benzene rings is 2. The molecule has 0 saturated carbocycles. The molecule has 2 heterocycles. The maximum absolute atomic E-state index is 14.1. The first kappa shape index (κ1) is 19.1. The van der Waals surface area contributed by atoms with Gasteiger partial charge in [-0.3, -0.25) is 4.90 Å². The fourth-order valence-electron chi connectivity index (χ4n) is 3.24. The van der Waals surface area contributed by atoms with Gasteiger partial charge in [-0.25, -0.2) is 14.4 Å². The number of likely N-dealkylation sites (N-methyl/N-ethyl adjacent to an activating group) is 1. The van der Waals surface area contributed by atoms with E-state index in [4.69, 9.17) is 4.74 Å². The molecule has 1 N–H and O–H groups in total. The van der Waals surface area contributed by atoms with Crippen LogP contribution in [0.5, 0.6) is 5.75 Å². The Morgan fingerprint density at radius 2 is 2.03 bits per heavy atom. The number of rotatable bonds is 0. The third-order valence-corrected chi connectivity index (χ3v) is 4.60. The molecule has 1 aromatic heterocycles. The zero-order valence-corrected chi connectivity index (χ0v) is 16.3. The van der Waals surface area contributed by atoms with Gasteiger partial charge in [0.25, 0.3) is 0 Å². The van der Waals surface area contributed by atoms with Crippen molar-refractivity contribution in [2.24, 2.45) is 0 Å². The maximum atomic E-state index is 14.1. The second-order valence-electron chi connectivity index (χ2n) is 7.07. The van der Waals surface area contributed by atoms with E-state index in [-0.39, 0.29) is 5.82 Å². The first-order valence-electron chi connectivity index (χ1n) is 9.62. The molecule has 0 unspecified atom stereocenters. The first-order chi connectivity index (χ1) is 14.2. The van der Waals surface area contributed by atoms with Crippen LogP contribution in [0.25, 0.3) is 11.3 Å². The highest BCUT2D eigenvalue weighted by Crippen LogP contribution is 2.26. The number of nitrogens with zero attached hydrogens (tertiary/aromatic N) is 3. The van der Waals surface area contributed by atoms with Crippen LogP contribution in [-0.4, -0.2) is 35.1 Å². The van der Waals surface area contributed by atoms with E-state index in [9.17, 15) is 4.39 Å². The summed E-state index contributed by atoms with van der Waals surface area (Å²) in [6.07, 6.45) is 6.65. The molecule has 5 nitrogen and oxygen atoms in total. The van der Waals surface area contributed by atoms with E-state index in [2.05, 4.69) is 51.5 Å². The quantitative estimate of drug-likeness (QED) is 0.559. The molecule has 4 rings (SSSR count). The van der Waals surface area contributed by atoms with Gasteiger partial charge in [0.1, 0.15) is 11.6 Å². The molecule has 1 aliphatic rings. The van der Waals surface area contributed by atoms with Crippen LogP contribution >= 0.6 is 0 Å². The Kier molecular flexibility index (Phi) is 5.81. The van der Waals surface area contributed by atoms with E-state index in [0.29, 0.717) is 29.6 Å². The van der Waals surface area contributed by atoms with Crippen LogP contribution in [0.4, 0.5) is 16.0 Å². The number of hydrogen-bond donors (Lipinski definition) is 1. The van der Waals surface area contributed by atoms with Crippen LogP contribution in [0.2, 0.25) is 0 Å². The number of nitrogens with one attached hydrogen (secondary N) is 1. The van der Waals surface area contributed by atoms with Crippen molar-refractivity contribution in [3.63, 3.8) is 0 Å². The number of fused-ring (bicyclic) bond motifs is 7. The van der Waals surface area contributed by atoms with Gasteiger partial charge in [0.2, 0.25) is 5.95 Å². The van der Waals surface area contributed by atoms with Gasteiger partial charge < -0.3 is 10.1 Å². The summed E-state index contributed by atoms with van der Waals surface area (Å²) < 4.78 is 19.9. The van der Waals surface area contributed by atoms with Crippen molar-refractivity contribution >= 4 is 11.6 Å². The molecule has 0 radical (unpaired) electrons. The zero-order valence-electron chi connectivity index (χ0n) is 16.3. The number of aromatic nitrogens is 2. The molecule has 1 aliphatic heterocycles. The molecular formula is C23H23FN4O. The highest BCUT2D eigenvalue weighted by Gasteiger charge is 2.08. The van der Waals surface area contributed by atoms with Crippen LogP contribution < -0.4 is 10.1 Å². The summed E-state index contributed by atoms with van der Waals surface area (Å²) in [6.45, 7) is 2.16. The largest absolute Gasteiger partial charge is 0.493 e. The van der Waals surface area contributed by atoms with Crippen molar-refractivity contribution in [2.75, 3.05) is 25.5 Å². The highest BCUT2D eigenvalue weighted by atomic mass is 19.1. The van der Waals surface area contributed by atoms with E-state index in [0.717, 1.165) is 25.2 Å². The summed E-state index contributed by atoms with van der Waals surface area (Å²) in [5.74, 6) is 0.598. The maximum Gasteiger partial charge on any atom is 0.227 e. The van der Waals surface area contributed by atoms with Crippen molar-refractivity contribution in [1.29, 1.82) is 0 Å². The van der Waals surface area contributed by atoms with Gasteiger partial charge in [0, 0.05) is 36.6 Å². The SMILES string of the molecule is CN1C/C=C/CCOc2cc(F)cc(c2)-c2ccnc(n2)Nc2cccc(c2)C1. The van der Waals surface area contributed by atoms with Crippen molar-refractivity contribution < 1.29 is 9.13 Å². The zero-order chi connectivity index (χ0) is 20.1. The topological polar surface area (TPSA) is 50.3 Å². The second-order valence-corrected chi connectivity index (χ2v) is 7.07. The lowest BCUT2D eigenvalue weighted by atomic mass is 10.1. The van der Waals surface area contributed by atoms with Crippen LogP contribution in [-0.2, 0) is 6.54 Å². The Balaban J connectivity index is 1.70. The summed E-state index contributed by atoms with van der Waals surface area (Å²) in [5.41, 5.74) is 3.38. The number of anilines is 2. The smallest absolute Gasteiger partial charge is 0.227 e. The van der Waals surface area contributed by atoms with Gasteiger partial charge in [-0.05, 0) is 49.4 Å². The van der Waals surface area contributed by atoms with Gasteiger partial charge >= 0.3 is 0 Å². The van der Waals surface area contributed by atoms with Crippen LogP contribution in [0.15, 0.2) is 66.9 Å². The molecule has 6 bridgehead atoms. The monoisotopic (exact) mass is 390 g/mol. The van der Waals surface area contributed by atoms with E-state index < -0.39 is 0 Å². The van der Waals surface area contributed by atoms with Crippen molar-refractivity contribution in [2.45, 2.75) is 13.0 Å². The molecule has 0 amide bonds. The minimum absolute atomic E-state index is 0.357. The van der Waals surface area contributed by atoms with Gasteiger partial charge in [-0.1, -0.05) is 24.3 Å². The molecule has 2 aromatic carbocycles. The molecule has 3 aromatic rings. The van der Waals surface area contributed by atoms with E-state index in [1.807, 2.05) is 12.1 Å². The second kappa shape index (κ2) is 8.84. The molecule has 6 heteroatoms. The van der Waals surface area contributed by atoms with Crippen molar-refractivity contribution in [3.8, 4) is 17.0 Å². The third-order valence-electron chi connectivity index (χ3n) is 4.60. The molecule has 0 spiro atoms. The van der Waals surface area contributed by atoms with Crippen LogP contribution in [0.3, 0.4) is 0 Å². The van der Waals surface area contributed by atoms with Gasteiger partial charge in [-0.2, -0.15) is 0 Å². The fourth-order valence-corrected chi connectivity index (χ4v) is 3.24. The molecule has 0 saturated heterocycles. The van der Waals surface area contributed by atoms with Crippen LogP contribution in [0.1, 0.15) is 12.0 Å². The number of ether oxygens (including phenoxy) is 1. The number of halogens is 1. The number of hydrogen-bond acceptors (Lipinski definition) is 5. The average Bonchev–Trinajstić information content (AvgIpc) is 2.70. The summed E-state index contributed by atoms with van der Waals surface area (Å²) in [6, 6.07) is 14.6. The minimum Gasteiger partial charge on any atom is -0.493 e. The van der Waals surface area contributed by atoms with Gasteiger partial charge in [-0.15, -0.1) is 0 Å². The van der Waals surface area contributed by atoms with E-state index in [1.54, 1.807) is 18.3 Å². The Morgan fingerprint density at radius 3 is 2.97 bits per heavy atom. The van der Waals surface area contributed by atoms with Crippen molar-refractivity contribution in [3.05, 3.63) is 78.3 Å². The Labute approximate surface area is 169 Å². The van der Waals surface area contributed by atoms with Gasteiger partial charge in [0.05, 0.1) is 12.3 Å². The van der Waals surface area contributed by atoms with E-state index >= 15 is 0 Å². The Hall–Kier alpha value is -3.25. The summed E-state index contributed by atoms with van der Waals surface area (Å²) in [4.78, 5) is 11.1. The van der Waals surface area contributed by atoms with E-state index in [1.165, 1.54) is 17.7 Å². The summed E-state index contributed by atoms with van der Waals surface area (Å²) in [5, 5.41) is 3.25. The average molecular weight is 390 g/mol. The molecule has 0 aliphatic carbocycles. The Bertz CT molecular complexity index is 1020. The first-order valence-corrected chi connectivity index (χ1v) is 9.62. The standard InChI is InChI=1S/C23H23FN4O/c1-28-10-3-2-4-11-29-21-14-18(13-19(24)15-21)22-8-9-25-23(27-22)26-20-7-5-6-17(12-20)16-28/h2-3,5-9,12-15H,4,10-11,16H2,1H3,(H,25,26,27)/b3-2+. The summed E-state index contributed by atoms with van der Waals surface area (Å²) in [7, 11) is 2.08. The lowest BCUT2D eigenvalue weighted by molar-refractivity contribution is 0.322. The molecular weight excluding hydrogens is 367 g/mol. The Morgan fingerprint density at radius 1 is 1.10 bits per heavy atom. The molecule has 148 valence electrons. The lowest BCUT2D eigenvalue weighted by Crippen LogP contribution is -2.17. The molecule has 29 heavy (non-hydrogen) atoms. The van der Waals surface area contributed by atoms with Crippen molar-refractivity contribution in [1.82, 2.24) is 14.9 Å². The summed E-state index contributed by atoms with van der Waals surface area (Å²) >= 11 is 0. The van der Waals surface area contributed by atoms with Crippen LogP contribution in [0, 0.1) is 5.82 Å². The lowest BCUT2D eigenvalue weighted by Gasteiger charge is -2.15. The minimum atomic E-state index is -0.357.